The SMILES string of the molecule is COc1ccc(C(=O)NCCNC(=O)c2sc3cc(Cl)cc(Cl)c3c2Cl)cc1. The molecule has 9 heteroatoms. The number of amides is 2. The van der Waals surface area contributed by atoms with Gasteiger partial charge in [-0.1, -0.05) is 34.8 Å². The van der Waals surface area contributed by atoms with Crippen LogP contribution in [0.25, 0.3) is 10.1 Å². The number of halogens is 3. The highest BCUT2D eigenvalue weighted by Crippen LogP contribution is 2.41. The molecule has 0 radical (unpaired) electrons. The van der Waals surface area contributed by atoms with Crippen molar-refractivity contribution in [3.05, 3.63) is 61.9 Å². The molecule has 0 bridgehead atoms. The number of nitrogens with one attached hydrogen (secondary N) is 2. The predicted molar refractivity (Wildman–Crippen MR) is 115 cm³/mol. The lowest BCUT2D eigenvalue weighted by Crippen LogP contribution is -2.34. The van der Waals surface area contributed by atoms with Crippen LogP contribution in [-0.4, -0.2) is 32.0 Å². The number of hydrogen-bond donors (Lipinski definition) is 2. The molecule has 0 aliphatic rings. The molecule has 146 valence electrons. The number of ether oxygens (including phenoxy) is 1. The second kappa shape index (κ2) is 9.01. The Hall–Kier alpha value is -1.99. The zero-order chi connectivity index (χ0) is 20.3. The summed E-state index contributed by atoms with van der Waals surface area (Å²) in [5.74, 6) is 0.0979. The summed E-state index contributed by atoms with van der Waals surface area (Å²) in [5.41, 5.74) is 0.506. The van der Waals surface area contributed by atoms with E-state index in [4.69, 9.17) is 39.5 Å². The van der Waals surface area contributed by atoms with Crippen molar-refractivity contribution in [2.24, 2.45) is 0 Å². The first-order valence-electron chi connectivity index (χ1n) is 8.18. The van der Waals surface area contributed by atoms with Crippen molar-refractivity contribution in [3.8, 4) is 5.75 Å². The highest BCUT2D eigenvalue weighted by atomic mass is 35.5. The van der Waals surface area contributed by atoms with Crippen molar-refractivity contribution in [2.75, 3.05) is 20.2 Å². The maximum atomic E-state index is 12.4. The largest absolute Gasteiger partial charge is 0.497 e. The van der Waals surface area contributed by atoms with E-state index in [1.54, 1.807) is 43.5 Å². The van der Waals surface area contributed by atoms with Crippen molar-refractivity contribution in [1.82, 2.24) is 10.6 Å². The van der Waals surface area contributed by atoms with Gasteiger partial charge in [-0.15, -0.1) is 11.3 Å². The molecule has 5 nitrogen and oxygen atoms in total. The summed E-state index contributed by atoms with van der Waals surface area (Å²) in [5, 5.41) is 7.25. The first-order valence-corrected chi connectivity index (χ1v) is 10.1. The van der Waals surface area contributed by atoms with Crippen LogP contribution in [0.3, 0.4) is 0 Å². The number of rotatable bonds is 6. The summed E-state index contributed by atoms with van der Waals surface area (Å²) >= 11 is 19.7. The van der Waals surface area contributed by atoms with Gasteiger partial charge < -0.3 is 15.4 Å². The van der Waals surface area contributed by atoms with E-state index in [0.29, 0.717) is 36.6 Å². The predicted octanol–water partition coefficient (Wildman–Crippen LogP) is 5.03. The first-order chi connectivity index (χ1) is 13.4. The van der Waals surface area contributed by atoms with Crippen LogP contribution >= 0.6 is 46.1 Å². The van der Waals surface area contributed by atoms with Crippen LogP contribution in [0.2, 0.25) is 15.1 Å². The zero-order valence-electron chi connectivity index (χ0n) is 14.6. The van der Waals surface area contributed by atoms with Gasteiger partial charge in [-0.05, 0) is 36.4 Å². The Labute approximate surface area is 180 Å². The number of hydrogen-bond acceptors (Lipinski definition) is 4. The van der Waals surface area contributed by atoms with Crippen LogP contribution in [0.15, 0.2) is 36.4 Å². The lowest BCUT2D eigenvalue weighted by molar-refractivity contribution is 0.0929. The van der Waals surface area contributed by atoms with Crippen LogP contribution in [-0.2, 0) is 0 Å². The van der Waals surface area contributed by atoms with Crippen LogP contribution < -0.4 is 15.4 Å². The standard InChI is InChI=1S/C19H15Cl3N2O3S/c1-27-12-4-2-10(3-5-12)18(25)23-6-7-24-19(26)17-16(22)15-13(21)8-11(20)9-14(15)28-17/h2-5,8-9H,6-7H2,1H3,(H,23,25)(H,24,26). The molecule has 2 N–H and O–H groups in total. The highest BCUT2D eigenvalue weighted by molar-refractivity contribution is 7.21. The van der Waals surface area contributed by atoms with Gasteiger partial charge in [0.05, 0.1) is 17.2 Å². The molecule has 1 aromatic heterocycles. The van der Waals surface area contributed by atoms with Crippen molar-refractivity contribution in [1.29, 1.82) is 0 Å². The van der Waals surface area contributed by atoms with Gasteiger partial charge in [0, 0.05) is 33.8 Å². The van der Waals surface area contributed by atoms with Crippen LogP contribution in [0.5, 0.6) is 5.75 Å². The third-order valence-corrected chi connectivity index (χ3v) is 6.05. The lowest BCUT2D eigenvalue weighted by atomic mass is 10.2. The molecule has 3 rings (SSSR count). The minimum absolute atomic E-state index is 0.238. The number of carbonyl (C=O) groups is 2. The zero-order valence-corrected chi connectivity index (χ0v) is 17.7. The molecular formula is C19H15Cl3N2O3S. The van der Waals surface area contributed by atoms with E-state index in [1.807, 2.05) is 0 Å². The van der Waals surface area contributed by atoms with Gasteiger partial charge in [0.2, 0.25) is 0 Å². The first kappa shape index (κ1) is 20.7. The monoisotopic (exact) mass is 456 g/mol. The molecular weight excluding hydrogens is 443 g/mol. The summed E-state index contributed by atoms with van der Waals surface area (Å²) in [6.07, 6.45) is 0. The molecule has 0 spiro atoms. The molecule has 3 aromatic rings. The fraction of sp³-hybridized carbons (Fsp3) is 0.158. The second-order valence-corrected chi connectivity index (χ2v) is 8.02. The van der Waals surface area contributed by atoms with Crippen molar-refractivity contribution in [3.63, 3.8) is 0 Å². The van der Waals surface area contributed by atoms with Gasteiger partial charge in [0.25, 0.3) is 11.8 Å². The molecule has 0 fully saturated rings. The summed E-state index contributed by atoms with van der Waals surface area (Å²) in [4.78, 5) is 24.9. The number of benzene rings is 2. The number of carbonyl (C=O) groups excluding carboxylic acids is 2. The van der Waals surface area contributed by atoms with Gasteiger partial charge in [-0.3, -0.25) is 9.59 Å². The number of methoxy groups -OCH3 is 1. The molecule has 28 heavy (non-hydrogen) atoms. The Morgan fingerprint density at radius 1 is 1.00 bits per heavy atom. The van der Waals surface area contributed by atoms with Gasteiger partial charge in [0.15, 0.2) is 0 Å². The Balaban J connectivity index is 1.57. The molecule has 2 amide bonds. The summed E-state index contributed by atoms with van der Waals surface area (Å²) < 4.78 is 5.79. The maximum Gasteiger partial charge on any atom is 0.262 e. The Kier molecular flexibility index (Phi) is 6.67. The fourth-order valence-electron chi connectivity index (χ4n) is 2.53. The van der Waals surface area contributed by atoms with Crippen LogP contribution in [0, 0.1) is 0 Å². The van der Waals surface area contributed by atoms with Crippen molar-refractivity contribution < 1.29 is 14.3 Å². The van der Waals surface area contributed by atoms with E-state index in [-0.39, 0.29) is 24.9 Å². The Bertz CT molecular complexity index is 1040. The number of thiophene rings is 1. The molecule has 0 saturated carbocycles. The summed E-state index contributed by atoms with van der Waals surface area (Å²) in [6.45, 7) is 0.519. The molecule has 0 unspecified atom stereocenters. The van der Waals surface area contributed by atoms with Gasteiger partial charge in [-0.2, -0.15) is 0 Å². The summed E-state index contributed by atoms with van der Waals surface area (Å²) in [6, 6.07) is 10.0. The van der Waals surface area contributed by atoms with Crippen molar-refractivity contribution >= 4 is 68.0 Å². The lowest BCUT2D eigenvalue weighted by Gasteiger charge is -2.07. The molecule has 2 aromatic carbocycles. The van der Waals surface area contributed by atoms with E-state index >= 15 is 0 Å². The molecule has 0 aliphatic heterocycles. The van der Waals surface area contributed by atoms with E-state index < -0.39 is 0 Å². The minimum Gasteiger partial charge on any atom is -0.497 e. The minimum atomic E-state index is -0.336. The van der Waals surface area contributed by atoms with E-state index in [9.17, 15) is 9.59 Å². The quantitative estimate of drug-likeness (QED) is 0.510. The van der Waals surface area contributed by atoms with E-state index in [0.717, 1.165) is 4.70 Å². The molecule has 0 saturated heterocycles. The average Bonchev–Trinajstić information content (AvgIpc) is 3.01. The Morgan fingerprint density at radius 2 is 1.64 bits per heavy atom. The second-order valence-electron chi connectivity index (χ2n) is 5.75. The van der Waals surface area contributed by atoms with Crippen molar-refractivity contribution in [2.45, 2.75) is 0 Å². The smallest absolute Gasteiger partial charge is 0.262 e. The van der Waals surface area contributed by atoms with Gasteiger partial charge in [0.1, 0.15) is 10.6 Å². The molecule has 1 heterocycles. The number of fused-ring (bicyclic) bond motifs is 1. The fourth-order valence-corrected chi connectivity index (χ4v) is 4.83. The van der Waals surface area contributed by atoms with Crippen LogP contribution in [0.1, 0.15) is 20.0 Å². The van der Waals surface area contributed by atoms with Gasteiger partial charge in [-0.25, -0.2) is 0 Å². The third-order valence-electron chi connectivity index (χ3n) is 3.90. The third kappa shape index (κ3) is 4.52. The molecule has 0 aliphatic carbocycles. The Morgan fingerprint density at radius 3 is 2.29 bits per heavy atom. The van der Waals surface area contributed by atoms with E-state index in [2.05, 4.69) is 10.6 Å². The topological polar surface area (TPSA) is 67.4 Å². The van der Waals surface area contributed by atoms with E-state index in [1.165, 1.54) is 11.3 Å². The van der Waals surface area contributed by atoms with Crippen LogP contribution in [0.4, 0.5) is 0 Å². The maximum absolute atomic E-state index is 12.4. The highest BCUT2D eigenvalue weighted by Gasteiger charge is 2.19. The average molecular weight is 458 g/mol. The molecule has 0 atom stereocenters. The van der Waals surface area contributed by atoms with Gasteiger partial charge >= 0.3 is 0 Å². The normalized spacial score (nSPS) is 10.7. The summed E-state index contributed by atoms with van der Waals surface area (Å²) in [7, 11) is 1.56.